The molecule has 2 rings (SSSR count). The Hall–Kier alpha value is -3.26. The molecule has 0 aliphatic heterocycles. The summed E-state index contributed by atoms with van der Waals surface area (Å²) < 4.78 is 0. The van der Waals surface area contributed by atoms with E-state index in [4.69, 9.17) is 0 Å². The minimum absolute atomic E-state index is 0.141. The van der Waals surface area contributed by atoms with Crippen LogP contribution < -0.4 is 5.32 Å². The quantitative estimate of drug-likeness (QED) is 0.517. The average Bonchev–Trinajstić information content (AvgIpc) is 2.71. The zero-order chi connectivity index (χ0) is 21.4. The number of carbonyl (C=O) groups is 2. The SMILES string of the molecule is CC(NC(=O)c1cccc([N+](=O)[O-])c1)C(=O)N(CCN(C)C)Cc1ccccc1. The zero-order valence-electron chi connectivity index (χ0n) is 16.9. The lowest BCUT2D eigenvalue weighted by molar-refractivity contribution is -0.384. The predicted molar refractivity (Wildman–Crippen MR) is 110 cm³/mol. The fraction of sp³-hybridized carbons (Fsp3) is 0.333. The number of benzene rings is 2. The Morgan fingerprint density at radius 2 is 1.76 bits per heavy atom. The molecule has 1 unspecified atom stereocenters. The normalized spacial score (nSPS) is 11.7. The lowest BCUT2D eigenvalue weighted by Gasteiger charge is -2.27. The van der Waals surface area contributed by atoms with Crippen molar-refractivity contribution in [3.63, 3.8) is 0 Å². The maximum Gasteiger partial charge on any atom is 0.270 e. The summed E-state index contributed by atoms with van der Waals surface area (Å²) in [5.41, 5.74) is 0.965. The smallest absolute Gasteiger partial charge is 0.270 e. The van der Waals surface area contributed by atoms with Crippen LogP contribution in [0.5, 0.6) is 0 Å². The number of hydrogen-bond donors (Lipinski definition) is 1. The third-order valence-corrected chi connectivity index (χ3v) is 4.38. The van der Waals surface area contributed by atoms with E-state index in [0.29, 0.717) is 19.6 Å². The van der Waals surface area contributed by atoms with E-state index in [9.17, 15) is 19.7 Å². The third kappa shape index (κ3) is 6.69. The summed E-state index contributed by atoms with van der Waals surface area (Å²) in [4.78, 5) is 39.5. The molecule has 0 saturated carbocycles. The molecule has 29 heavy (non-hydrogen) atoms. The highest BCUT2D eigenvalue weighted by atomic mass is 16.6. The summed E-state index contributed by atoms with van der Waals surface area (Å²) in [7, 11) is 3.86. The molecule has 8 nitrogen and oxygen atoms in total. The number of nitrogens with zero attached hydrogens (tertiary/aromatic N) is 3. The predicted octanol–water partition coefficient (Wildman–Crippen LogP) is 2.30. The van der Waals surface area contributed by atoms with Crippen LogP contribution in [0.2, 0.25) is 0 Å². The van der Waals surface area contributed by atoms with Gasteiger partial charge in [-0.2, -0.15) is 0 Å². The van der Waals surface area contributed by atoms with Crippen LogP contribution in [0.15, 0.2) is 54.6 Å². The highest BCUT2D eigenvalue weighted by Crippen LogP contribution is 2.13. The van der Waals surface area contributed by atoms with Crippen molar-refractivity contribution in [2.45, 2.75) is 19.5 Å². The lowest BCUT2D eigenvalue weighted by atomic mass is 10.1. The summed E-state index contributed by atoms with van der Waals surface area (Å²) in [6, 6.07) is 14.3. The Balaban J connectivity index is 2.09. The summed E-state index contributed by atoms with van der Waals surface area (Å²) in [6.07, 6.45) is 0. The van der Waals surface area contributed by atoms with Crippen molar-refractivity contribution >= 4 is 17.5 Å². The first kappa shape index (κ1) is 22.0. The largest absolute Gasteiger partial charge is 0.341 e. The number of nitro benzene ring substituents is 1. The van der Waals surface area contributed by atoms with Gasteiger partial charge in [-0.3, -0.25) is 19.7 Å². The summed E-state index contributed by atoms with van der Waals surface area (Å²) in [5.74, 6) is -0.740. The van der Waals surface area contributed by atoms with E-state index in [0.717, 1.165) is 5.56 Å². The van der Waals surface area contributed by atoms with Gasteiger partial charge >= 0.3 is 0 Å². The first-order valence-electron chi connectivity index (χ1n) is 9.30. The second kappa shape index (κ2) is 10.3. The number of non-ortho nitro benzene ring substituents is 1. The van der Waals surface area contributed by atoms with Gasteiger partial charge in [0.05, 0.1) is 4.92 Å². The number of nitrogens with one attached hydrogen (secondary N) is 1. The monoisotopic (exact) mass is 398 g/mol. The van der Waals surface area contributed by atoms with E-state index in [1.807, 2.05) is 49.3 Å². The van der Waals surface area contributed by atoms with Gasteiger partial charge in [-0.25, -0.2) is 0 Å². The number of hydrogen-bond acceptors (Lipinski definition) is 5. The van der Waals surface area contributed by atoms with Crippen molar-refractivity contribution in [2.75, 3.05) is 27.2 Å². The number of rotatable bonds is 9. The molecule has 2 aromatic carbocycles. The van der Waals surface area contributed by atoms with Gasteiger partial charge in [0.2, 0.25) is 5.91 Å². The van der Waals surface area contributed by atoms with Crippen LogP contribution >= 0.6 is 0 Å². The lowest BCUT2D eigenvalue weighted by Crippen LogP contribution is -2.48. The summed E-state index contributed by atoms with van der Waals surface area (Å²) >= 11 is 0. The second-order valence-electron chi connectivity index (χ2n) is 7.05. The molecule has 2 amide bonds. The van der Waals surface area contributed by atoms with Gasteiger partial charge in [-0.15, -0.1) is 0 Å². The Labute approximate surface area is 170 Å². The molecule has 2 aromatic rings. The van der Waals surface area contributed by atoms with Gasteiger partial charge in [0.25, 0.3) is 11.6 Å². The molecular weight excluding hydrogens is 372 g/mol. The molecule has 1 atom stereocenters. The van der Waals surface area contributed by atoms with Crippen molar-refractivity contribution in [1.29, 1.82) is 0 Å². The molecule has 0 aliphatic rings. The number of likely N-dealkylation sites (N-methyl/N-ethyl adjacent to an activating group) is 1. The van der Waals surface area contributed by atoms with Crippen molar-refractivity contribution < 1.29 is 14.5 Å². The number of nitro groups is 1. The maximum atomic E-state index is 13.0. The van der Waals surface area contributed by atoms with Crippen LogP contribution in [0, 0.1) is 10.1 Å². The molecule has 154 valence electrons. The topological polar surface area (TPSA) is 95.8 Å². The summed E-state index contributed by atoms with van der Waals surface area (Å²) in [6.45, 7) is 3.25. The maximum absolute atomic E-state index is 13.0. The molecule has 0 heterocycles. The van der Waals surface area contributed by atoms with Crippen LogP contribution in [-0.4, -0.2) is 59.8 Å². The van der Waals surface area contributed by atoms with Gasteiger partial charge in [0.15, 0.2) is 0 Å². The standard InChI is InChI=1S/C21H26N4O4/c1-16(22-20(26)18-10-7-11-19(14-18)25(28)29)21(27)24(13-12-23(2)3)15-17-8-5-4-6-9-17/h4-11,14,16H,12-13,15H2,1-3H3,(H,22,26). The van der Waals surface area contributed by atoms with E-state index in [2.05, 4.69) is 5.32 Å². The van der Waals surface area contributed by atoms with Crippen molar-refractivity contribution in [3.05, 3.63) is 75.8 Å². The second-order valence-corrected chi connectivity index (χ2v) is 7.05. The molecule has 8 heteroatoms. The molecule has 0 spiro atoms. The molecule has 0 aliphatic carbocycles. The zero-order valence-corrected chi connectivity index (χ0v) is 16.9. The van der Waals surface area contributed by atoms with Crippen molar-refractivity contribution in [2.24, 2.45) is 0 Å². The van der Waals surface area contributed by atoms with E-state index in [-0.39, 0.29) is 17.2 Å². The third-order valence-electron chi connectivity index (χ3n) is 4.38. The molecule has 0 bridgehead atoms. The van der Waals surface area contributed by atoms with E-state index >= 15 is 0 Å². The van der Waals surface area contributed by atoms with Crippen LogP contribution in [0.25, 0.3) is 0 Å². The molecule has 0 radical (unpaired) electrons. The molecule has 0 fully saturated rings. The van der Waals surface area contributed by atoms with Gasteiger partial charge < -0.3 is 15.1 Å². The van der Waals surface area contributed by atoms with Gasteiger partial charge in [-0.05, 0) is 32.6 Å². The van der Waals surface area contributed by atoms with Crippen LogP contribution in [0.1, 0.15) is 22.8 Å². The van der Waals surface area contributed by atoms with Crippen LogP contribution in [-0.2, 0) is 11.3 Å². The molecule has 0 saturated heterocycles. The van der Waals surface area contributed by atoms with Gasteiger partial charge in [0.1, 0.15) is 6.04 Å². The molecular formula is C21H26N4O4. The Morgan fingerprint density at radius 3 is 2.38 bits per heavy atom. The first-order valence-corrected chi connectivity index (χ1v) is 9.30. The molecule has 1 N–H and O–H groups in total. The molecule has 0 aromatic heterocycles. The highest BCUT2D eigenvalue weighted by Gasteiger charge is 2.23. The van der Waals surface area contributed by atoms with E-state index in [1.165, 1.54) is 24.3 Å². The summed E-state index contributed by atoms with van der Waals surface area (Å²) in [5, 5.41) is 13.6. The minimum Gasteiger partial charge on any atom is -0.341 e. The van der Waals surface area contributed by atoms with E-state index < -0.39 is 16.9 Å². The Morgan fingerprint density at radius 1 is 1.07 bits per heavy atom. The van der Waals surface area contributed by atoms with Crippen molar-refractivity contribution in [1.82, 2.24) is 15.1 Å². The fourth-order valence-electron chi connectivity index (χ4n) is 2.77. The first-order chi connectivity index (χ1) is 13.8. The van der Waals surface area contributed by atoms with Crippen LogP contribution in [0.3, 0.4) is 0 Å². The van der Waals surface area contributed by atoms with E-state index in [1.54, 1.807) is 11.8 Å². The van der Waals surface area contributed by atoms with Crippen molar-refractivity contribution in [3.8, 4) is 0 Å². The average molecular weight is 398 g/mol. The minimum atomic E-state index is -0.771. The van der Waals surface area contributed by atoms with Gasteiger partial charge in [-0.1, -0.05) is 36.4 Å². The van der Waals surface area contributed by atoms with Gasteiger partial charge in [0, 0.05) is 37.3 Å². The number of carbonyl (C=O) groups excluding carboxylic acids is 2. The highest BCUT2D eigenvalue weighted by molar-refractivity contribution is 5.97. The fourth-order valence-corrected chi connectivity index (χ4v) is 2.77. The Kier molecular flexibility index (Phi) is 7.85. The van der Waals surface area contributed by atoms with Crippen LogP contribution in [0.4, 0.5) is 5.69 Å². The number of amides is 2. The Bertz CT molecular complexity index is 855.